The second-order valence-corrected chi connectivity index (χ2v) is 5.10. The van der Waals surface area contributed by atoms with Crippen LogP contribution in [0.1, 0.15) is 24.1 Å². The van der Waals surface area contributed by atoms with Gasteiger partial charge in [-0.25, -0.2) is 0 Å². The Morgan fingerprint density at radius 2 is 1.76 bits per heavy atom. The maximum absolute atomic E-state index is 3.51. The first-order valence-corrected chi connectivity index (χ1v) is 6.54. The van der Waals surface area contributed by atoms with Gasteiger partial charge in [0.15, 0.2) is 0 Å². The van der Waals surface area contributed by atoms with Crippen LogP contribution in [0.15, 0.2) is 53.0 Å². The molecule has 17 heavy (non-hydrogen) atoms. The third-order valence-corrected chi connectivity index (χ3v) is 3.73. The van der Waals surface area contributed by atoms with Gasteiger partial charge in [-0.1, -0.05) is 46.3 Å². The van der Waals surface area contributed by atoms with Crippen molar-refractivity contribution in [3.05, 3.63) is 64.1 Å². The van der Waals surface area contributed by atoms with Crippen molar-refractivity contribution in [3.63, 3.8) is 0 Å². The number of halogens is 1. The Morgan fingerprint density at radius 3 is 2.41 bits per heavy atom. The van der Waals surface area contributed by atoms with Crippen LogP contribution in [-0.4, -0.2) is 0 Å². The van der Waals surface area contributed by atoms with Crippen LogP contribution in [-0.2, 0) is 0 Å². The average Bonchev–Trinajstić information content (AvgIpc) is 2.35. The first kappa shape index (κ1) is 12.2. The summed E-state index contributed by atoms with van der Waals surface area (Å²) in [5.74, 6) is 0. The van der Waals surface area contributed by atoms with Gasteiger partial charge in [0, 0.05) is 16.2 Å². The molecule has 0 amide bonds. The van der Waals surface area contributed by atoms with Crippen molar-refractivity contribution in [1.82, 2.24) is 0 Å². The molecule has 2 rings (SSSR count). The average molecular weight is 290 g/mol. The van der Waals surface area contributed by atoms with Gasteiger partial charge in [-0.2, -0.15) is 0 Å². The molecule has 1 N–H and O–H groups in total. The highest BCUT2D eigenvalue weighted by molar-refractivity contribution is 9.10. The number of hydrogen-bond donors (Lipinski definition) is 1. The molecule has 0 aromatic heterocycles. The molecule has 0 radical (unpaired) electrons. The summed E-state index contributed by atoms with van der Waals surface area (Å²) in [4.78, 5) is 0. The molecule has 2 aromatic rings. The minimum Gasteiger partial charge on any atom is -0.379 e. The zero-order valence-electron chi connectivity index (χ0n) is 10.1. The van der Waals surface area contributed by atoms with Gasteiger partial charge >= 0.3 is 0 Å². The molecule has 88 valence electrons. The van der Waals surface area contributed by atoms with Crippen LogP contribution >= 0.6 is 15.9 Å². The van der Waals surface area contributed by atoms with Gasteiger partial charge in [-0.15, -0.1) is 0 Å². The number of rotatable bonds is 3. The van der Waals surface area contributed by atoms with Crippen molar-refractivity contribution < 1.29 is 0 Å². The standard InChI is InChI=1S/C15H16BrN/c1-11-10-14(8-9-15(11)16)17-12(2)13-6-4-3-5-7-13/h3-10,12,17H,1-2H3. The number of benzene rings is 2. The fourth-order valence-electron chi connectivity index (χ4n) is 1.81. The number of nitrogens with one attached hydrogen (secondary N) is 1. The second-order valence-electron chi connectivity index (χ2n) is 4.24. The Hall–Kier alpha value is -1.28. The Balaban J connectivity index is 2.13. The second kappa shape index (κ2) is 5.37. The normalized spacial score (nSPS) is 12.2. The highest BCUT2D eigenvalue weighted by atomic mass is 79.9. The predicted molar refractivity (Wildman–Crippen MR) is 77.4 cm³/mol. The van der Waals surface area contributed by atoms with E-state index in [1.165, 1.54) is 11.1 Å². The van der Waals surface area contributed by atoms with E-state index in [4.69, 9.17) is 0 Å². The maximum atomic E-state index is 3.51. The molecule has 0 saturated heterocycles. The third kappa shape index (κ3) is 3.10. The van der Waals surface area contributed by atoms with Crippen molar-refractivity contribution in [1.29, 1.82) is 0 Å². The molecule has 0 aliphatic heterocycles. The lowest BCUT2D eigenvalue weighted by molar-refractivity contribution is 0.884. The topological polar surface area (TPSA) is 12.0 Å². The van der Waals surface area contributed by atoms with Crippen LogP contribution in [0.2, 0.25) is 0 Å². The van der Waals surface area contributed by atoms with Crippen molar-refractivity contribution in [3.8, 4) is 0 Å². The fraction of sp³-hybridized carbons (Fsp3) is 0.200. The number of hydrogen-bond acceptors (Lipinski definition) is 1. The first-order valence-electron chi connectivity index (χ1n) is 5.74. The summed E-state index contributed by atoms with van der Waals surface area (Å²) >= 11 is 3.51. The van der Waals surface area contributed by atoms with Crippen molar-refractivity contribution >= 4 is 21.6 Å². The first-order chi connectivity index (χ1) is 8.16. The summed E-state index contributed by atoms with van der Waals surface area (Å²) in [5, 5.41) is 3.51. The van der Waals surface area contributed by atoms with Gasteiger partial charge in [0.2, 0.25) is 0 Å². The smallest absolute Gasteiger partial charge is 0.0485 e. The Labute approximate surface area is 111 Å². The lowest BCUT2D eigenvalue weighted by Crippen LogP contribution is -2.06. The van der Waals surface area contributed by atoms with Crippen LogP contribution in [0.25, 0.3) is 0 Å². The van der Waals surface area contributed by atoms with Crippen molar-refractivity contribution in [2.75, 3.05) is 5.32 Å². The summed E-state index contributed by atoms with van der Waals surface area (Å²) in [7, 11) is 0. The van der Waals surface area contributed by atoms with E-state index in [-0.39, 0.29) is 0 Å². The summed E-state index contributed by atoms with van der Waals surface area (Å²) in [6.07, 6.45) is 0. The van der Waals surface area contributed by atoms with Crippen molar-refractivity contribution in [2.24, 2.45) is 0 Å². The van der Waals surface area contributed by atoms with E-state index in [2.05, 4.69) is 77.6 Å². The Morgan fingerprint density at radius 1 is 1.06 bits per heavy atom. The SMILES string of the molecule is Cc1cc(NC(C)c2ccccc2)ccc1Br. The monoisotopic (exact) mass is 289 g/mol. The minimum absolute atomic E-state index is 0.316. The lowest BCUT2D eigenvalue weighted by Gasteiger charge is -2.16. The summed E-state index contributed by atoms with van der Waals surface area (Å²) in [6.45, 7) is 4.27. The van der Waals surface area contributed by atoms with E-state index in [0.717, 1.165) is 10.2 Å². The summed E-state index contributed by atoms with van der Waals surface area (Å²) < 4.78 is 1.15. The molecule has 0 bridgehead atoms. The predicted octanol–water partition coefficient (Wildman–Crippen LogP) is 4.93. The molecule has 0 spiro atoms. The lowest BCUT2D eigenvalue weighted by atomic mass is 10.1. The van der Waals surface area contributed by atoms with Gasteiger partial charge in [0.25, 0.3) is 0 Å². The van der Waals surface area contributed by atoms with Crippen LogP contribution < -0.4 is 5.32 Å². The zero-order valence-corrected chi connectivity index (χ0v) is 11.7. The van der Waals surface area contributed by atoms with E-state index in [1.54, 1.807) is 0 Å². The summed E-state index contributed by atoms with van der Waals surface area (Å²) in [6, 6.07) is 17.1. The molecule has 0 heterocycles. The van der Waals surface area contributed by atoms with Crippen LogP contribution in [0.4, 0.5) is 5.69 Å². The quantitative estimate of drug-likeness (QED) is 0.845. The minimum atomic E-state index is 0.316. The van der Waals surface area contributed by atoms with Crippen molar-refractivity contribution in [2.45, 2.75) is 19.9 Å². The number of aryl methyl sites for hydroxylation is 1. The molecule has 0 aliphatic carbocycles. The fourth-order valence-corrected chi connectivity index (χ4v) is 2.06. The van der Waals surface area contributed by atoms with Gasteiger partial charge < -0.3 is 5.32 Å². The molecule has 0 fully saturated rings. The molecular weight excluding hydrogens is 274 g/mol. The highest BCUT2D eigenvalue weighted by Crippen LogP contribution is 2.23. The largest absolute Gasteiger partial charge is 0.379 e. The highest BCUT2D eigenvalue weighted by Gasteiger charge is 2.04. The van der Waals surface area contributed by atoms with Crippen LogP contribution in [0.5, 0.6) is 0 Å². The van der Waals surface area contributed by atoms with E-state index in [1.807, 2.05) is 6.07 Å². The summed E-state index contributed by atoms with van der Waals surface area (Å²) in [5.41, 5.74) is 3.70. The van der Waals surface area contributed by atoms with E-state index < -0.39 is 0 Å². The molecule has 1 nitrogen and oxygen atoms in total. The Kier molecular flexibility index (Phi) is 3.85. The zero-order chi connectivity index (χ0) is 12.3. The van der Waals surface area contributed by atoms with Gasteiger partial charge in [0.1, 0.15) is 0 Å². The van der Waals surface area contributed by atoms with Crippen LogP contribution in [0, 0.1) is 6.92 Å². The molecule has 1 atom stereocenters. The Bertz CT molecular complexity index is 494. The van der Waals surface area contributed by atoms with E-state index >= 15 is 0 Å². The van der Waals surface area contributed by atoms with Crippen LogP contribution in [0.3, 0.4) is 0 Å². The van der Waals surface area contributed by atoms with Gasteiger partial charge in [-0.3, -0.25) is 0 Å². The molecule has 2 heteroatoms. The van der Waals surface area contributed by atoms with Gasteiger partial charge in [-0.05, 0) is 43.2 Å². The van der Waals surface area contributed by atoms with E-state index in [0.29, 0.717) is 6.04 Å². The molecule has 0 aliphatic rings. The maximum Gasteiger partial charge on any atom is 0.0485 e. The number of anilines is 1. The van der Waals surface area contributed by atoms with Gasteiger partial charge in [0.05, 0.1) is 0 Å². The third-order valence-electron chi connectivity index (χ3n) is 2.84. The molecule has 1 unspecified atom stereocenters. The molecular formula is C15H16BrN. The molecule has 2 aromatic carbocycles. The van der Waals surface area contributed by atoms with E-state index in [9.17, 15) is 0 Å². The molecule has 0 saturated carbocycles.